The Labute approximate surface area is 173 Å². The van der Waals surface area contributed by atoms with E-state index in [-0.39, 0.29) is 5.91 Å². The van der Waals surface area contributed by atoms with Crippen LogP contribution in [0, 0.1) is 0 Å². The summed E-state index contributed by atoms with van der Waals surface area (Å²) in [5, 5.41) is 0. The van der Waals surface area contributed by atoms with Gasteiger partial charge in [0, 0.05) is 19.2 Å². The second-order valence-corrected chi connectivity index (χ2v) is 7.78. The van der Waals surface area contributed by atoms with Gasteiger partial charge in [0.15, 0.2) is 4.80 Å². The molecular weight excluding hydrogens is 380 g/mol. The Hall–Kier alpha value is -3.02. The Morgan fingerprint density at radius 1 is 0.931 bits per heavy atom. The number of methoxy groups -OCH3 is 1. The number of hydrogen-bond donors (Lipinski definition) is 0. The van der Waals surface area contributed by atoms with Gasteiger partial charge in [-0.05, 0) is 41.8 Å². The minimum atomic E-state index is -0.228. The Balaban J connectivity index is 1.60. The van der Waals surface area contributed by atoms with Crippen LogP contribution < -0.4 is 4.80 Å². The molecule has 0 aliphatic rings. The number of rotatable bonds is 6. The highest BCUT2D eigenvalue weighted by Gasteiger charge is 2.09. The summed E-state index contributed by atoms with van der Waals surface area (Å²) in [6.07, 6.45) is 0.847. The van der Waals surface area contributed by atoms with Crippen LogP contribution in [0.4, 0.5) is 0 Å². The van der Waals surface area contributed by atoms with Crippen LogP contribution in [0.5, 0.6) is 0 Å². The van der Waals surface area contributed by atoms with E-state index in [0.29, 0.717) is 23.5 Å². The summed E-state index contributed by atoms with van der Waals surface area (Å²) < 4.78 is 8.38. The highest BCUT2D eigenvalue weighted by Crippen LogP contribution is 2.17. The maximum Gasteiger partial charge on any atom is 0.279 e. The van der Waals surface area contributed by atoms with Gasteiger partial charge >= 0.3 is 0 Å². The van der Waals surface area contributed by atoms with Gasteiger partial charge in [-0.1, -0.05) is 65.9 Å². The van der Waals surface area contributed by atoms with E-state index in [0.717, 1.165) is 16.6 Å². The maximum atomic E-state index is 12.8. The Bertz CT molecular complexity index is 1170. The van der Waals surface area contributed by atoms with Crippen molar-refractivity contribution in [2.45, 2.75) is 13.0 Å². The third-order valence-corrected chi connectivity index (χ3v) is 5.82. The van der Waals surface area contributed by atoms with Gasteiger partial charge in [-0.3, -0.25) is 4.79 Å². The molecule has 4 aromatic rings. The standard InChI is InChI=1S/C24H22N2O2S/c1-28-16-15-26-21-9-5-6-10-22(21)29-24(26)25-23(27)20-13-11-19(12-14-20)17-18-7-3-2-4-8-18/h2-14H,15-17H2,1H3. The van der Waals surface area contributed by atoms with Crippen molar-refractivity contribution in [2.75, 3.05) is 13.7 Å². The molecule has 4 rings (SSSR count). The number of benzene rings is 3. The first-order valence-corrected chi connectivity index (χ1v) is 10.4. The van der Waals surface area contributed by atoms with E-state index in [1.807, 2.05) is 71.3 Å². The molecule has 0 atom stereocenters. The molecule has 0 spiro atoms. The molecule has 4 nitrogen and oxygen atoms in total. The smallest absolute Gasteiger partial charge is 0.279 e. The van der Waals surface area contributed by atoms with E-state index in [1.165, 1.54) is 22.5 Å². The van der Waals surface area contributed by atoms with E-state index in [4.69, 9.17) is 4.74 Å². The summed E-state index contributed by atoms with van der Waals surface area (Å²) in [4.78, 5) is 17.9. The van der Waals surface area contributed by atoms with Crippen LogP contribution >= 0.6 is 11.3 Å². The summed E-state index contributed by atoms with van der Waals surface area (Å²) in [6.45, 7) is 1.22. The lowest BCUT2D eigenvalue weighted by Gasteiger charge is -2.04. The fourth-order valence-corrected chi connectivity index (χ4v) is 4.31. The first-order chi connectivity index (χ1) is 14.2. The number of hydrogen-bond acceptors (Lipinski definition) is 3. The molecule has 0 radical (unpaired) electrons. The SMILES string of the molecule is COCCn1c(=NC(=O)c2ccc(Cc3ccccc3)cc2)sc2ccccc21. The predicted molar refractivity (Wildman–Crippen MR) is 117 cm³/mol. The summed E-state index contributed by atoms with van der Waals surface area (Å²) in [7, 11) is 1.67. The number of thiazole rings is 1. The van der Waals surface area contributed by atoms with Gasteiger partial charge in [-0.25, -0.2) is 0 Å². The topological polar surface area (TPSA) is 43.6 Å². The van der Waals surface area contributed by atoms with Gasteiger partial charge in [0.1, 0.15) is 0 Å². The van der Waals surface area contributed by atoms with Crippen molar-refractivity contribution in [1.82, 2.24) is 4.57 Å². The van der Waals surface area contributed by atoms with Gasteiger partial charge in [-0.2, -0.15) is 4.99 Å². The molecule has 146 valence electrons. The second-order valence-electron chi connectivity index (χ2n) is 6.77. The lowest BCUT2D eigenvalue weighted by atomic mass is 10.0. The molecule has 1 heterocycles. The molecule has 0 N–H and O–H groups in total. The number of para-hydroxylation sites is 1. The molecule has 3 aromatic carbocycles. The summed E-state index contributed by atoms with van der Waals surface area (Å²) in [6, 6.07) is 26.1. The van der Waals surface area contributed by atoms with E-state index < -0.39 is 0 Å². The van der Waals surface area contributed by atoms with Gasteiger partial charge in [-0.15, -0.1) is 0 Å². The number of aromatic nitrogens is 1. The molecule has 29 heavy (non-hydrogen) atoms. The normalized spacial score (nSPS) is 11.8. The molecule has 1 amide bonds. The number of nitrogens with zero attached hydrogens (tertiary/aromatic N) is 2. The average Bonchev–Trinajstić information content (AvgIpc) is 3.10. The van der Waals surface area contributed by atoms with Crippen LogP contribution in [0.1, 0.15) is 21.5 Å². The van der Waals surface area contributed by atoms with Crippen LogP contribution in [0.25, 0.3) is 10.2 Å². The zero-order valence-corrected chi connectivity index (χ0v) is 17.1. The average molecular weight is 403 g/mol. The second kappa shape index (κ2) is 8.99. The minimum Gasteiger partial charge on any atom is -0.383 e. The predicted octanol–water partition coefficient (Wildman–Crippen LogP) is 4.68. The first-order valence-electron chi connectivity index (χ1n) is 9.54. The van der Waals surface area contributed by atoms with Gasteiger partial charge in [0.05, 0.1) is 16.8 Å². The largest absolute Gasteiger partial charge is 0.383 e. The molecule has 0 saturated heterocycles. The van der Waals surface area contributed by atoms with Crippen molar-refractivity contribution in [3.8, 4) is 0 Å². The molecule has 0 aliphatic carbocycles. The third-order valence-electron chi connectivity index (χ3n) is 4.76. The maximum absolute atomic E-state index is 12.8. The number of carbonyl (C=O) groups is 1. The molecule has 0 unspecified atom stereocenters. The molecule has 0 fully saturated rings. The van der Waals surface area contributed by atoms with E-state index in [2.05, 4.69) is 17.1 Å². The fraction of sp³-hybridized carbons (Fsp3) is 0.167. The van der Waals surface area contributed by atoms with Crippen LogP contribution in [0.2, 0.25) is 0 Å². The van der Waals surface area contributed by atoms with Crippen molar-refractivity contribution >= 4 is 27.5 Å². The zero-order chi connectivity index (χ0) is 20.1. The third kappa shape index (κ3) is 4.53. The van der Waals surface area contributed by atoms with E-state index in [9.17, 15) is 4.79 Å². The van der Waals surface area contributed by atoms with Crippen molar-refractivity contribution in [2.24, 2.45) is 4.99 Å². The van der Waals surface area contributed by atoms with Crippen molar-refractivity contribution in [1.29, 1.82) is 0 Å². The molecule has 1 aromatic heterocycles. The molecule has 0 aliphatic heterocycles. The van der Waals surface area contributed by atoms with Crippen molar-refractivity contribution < 1.29 is 9.53 Å². The molecule has 0 saturated carbocycles. The van der Waals surface area contributed by atoms with Crippen LogP contribution in [-0.4, -0.2) is 24.2 Å². The van der Waals surface area contributed by atoms with Crippen molar-refractivity contribution in [3.05, 3.63) is 100 Å². The monoisotopic (exact) mass is 402 g/mol. The Morgan fingerprint density at radius 2 is 1.62 bits per heavy atom. The Kier molecular flexibility index (Phi) is 5.98. The number of amides is 1. The summed E-state index contributed by atoms with van der Waals surface area (Å²) >= 11 is 1.52. The lowest BCUT2D eigenvalue weighted by molar-refractivity contribution is 0.0997. The van der Waals surface area contributed by atoms with E-state index >= 15 is 0 Å². The minimum absolute atomic E-state index is 0.228. The highest BCUT2D eigenvalue weighted by molar-refractivity contribution is 7.16. The van der Waals surface area contributed by atoms with Crippen LogP contribution in [-0.2, 0) is 17.7 Å². The lowest BCUT2D eigenvalue weighted by Crippen LogP contribution is -2.19. The van der Waals surface area contributed by atoms with Gasteiger partial charge < -0.3 is 9.30 Å². The van der Waals surface area contributed by atoms with Crippen LogP contribution in [0.3, 0.4) is 0 Å². The zero-order valence-electron chi connectivity index (χ0n) is 16.2. The molecule has 0 bridgehead atoms. The molecule has 5 heteroatoms. The Morgan fingerprint density at radius 3 is 2.38 bits per heavy atom. The highest BCUT2D eigenvalue weighted by atomic mass is 32.1. The fourth-order valence-electron chi connectivity index (χ4n) is 3.25. The first kappa shape index (κ1) is 19.3. The van der Waals surface area contributed by atoms with Crippen LogP contribution in [0.15, 0.2) is 83.9 Å². The van der Waals surface area contributed by atoms with E-state index in [1.54, 1.807) is 7.11 Å². The van der Waals surface area contributed by atoms with Crippen molar-refractivity contribution in [3.63, 3.8) is 0 Å². The summed E-state index contributed by atoms with van der Waals surface area (Å²) in [5.41, 5.74) is 4.09. The quantitative estimate of drug-likeness (QED) is 0.470. The number of fused-ring (bicyclic) bond motifs is 1. The molecular formula is C24H22N2O2S. The summed E-state index contributed by atoms with van der Waals surface area (Å²) in [5.74, 6) is -0.228. The van der Waals surface area contributed by atoms with Gasteiger partial charge in [0.2, 0.25) is 0 Å². The van der Waals surface area contributed by atoms with Gasteiger partial charge in [0.25, 0.3) is 5.91 Å². The number of ether oxygens (including phenoxy) is 1. The number of carbonyl (C=O) groups excluding carboxylic acids is 1.